The molecule has 166 valence electrons. The Labute approximate surface area is 188 Å². The monoisotopic (exact) mass is 431 g/mol. The quantitative estimate of drug-likeness (QED) is 0.714. The summed E-state index contributed by atoms with van der Waals surface area (Å²) in [5.74, 6) is -1.95. The fourth-order valence-corrected chi connectivity index (χ4v) is 5.75. The number of carbonyl (C=O) groups is 3. The van der Waals surface area contributed by atoms with E-state index in [1.807, 2.05) is 62.4 Å². The molecule has 0 radical (unpaired) electrons. The second-order valence-corrected chi connectivity index (χ2v) is 9.24. The van der Waals surface area contributed by atoms with Crippen molar-refractivity contribution in [2.75, 3.05) is 5.32 Å². The Kier molecular flexibility index (Phi) is 4.93. The predicted octanol–water partition coefficient (Wildman–Crippen LogP) is 3.01. The Balaban J connectivity index is 1.66. The number of imide groups is 1. The molecular weight excluding hydrogens is 402 g/mol. The lowest BCUT2D eigenvalue weighted by atomic mass is 9.76. The van der Waals surface area contributed by atoms with E-state index in [0.29, 0.717) is 12.8 Å². The van der Waals surface area contributed by atoms with Gasteiger partial charge in [-0.25, -0.2) is 0 Å². The first-order valence-electron chi connectivity index (χ1n) is 11.6. The summed E-state index contributed by atoms with van der Waals surface area (Å²) in [6.45, 7) is 5.94. The molecular formula is C26H29N3O3. The van der Waals surface area contributed by atoms with Crippen molar-refractivity contribution in [2.24, 2.45) is 11.8 Å². The summed E-state index contributed by atoms with van der Waals surface area (Å²) in [5, 5.41) is 6.52. The lowest BCUT2D eigenvalue weighted by Crippen LogP contribution is -2.54. The molecule has 2 saturated heterocycles. The number of benzene rings is 2. The molecule has 5 unspecified atom stereocenters. The zero-order valence-electron chi connectivity index (χ0n) is 18.7. The molecule has 3 amide bonds. The topological polar surface area (TPSA) is 78.5 Å². The molecule has 0 aromatic heterocycles. The number of hydrogen-bond donors (Lipinski definition) is 2. The molecule has 5 rings (SSSR count). The first kappa shape index (κ1) is 20.9. The van der Waals surface area contributed by atoms with E-state index in [0.717, 1.165) is 28.8 Å². The van der Waals surface area contributed by atoms with Gasteiger partial charge in [-0.15, -0.1) is 0 Å². The minimum absolute atomic E-state index is 0.160. The molecule has 32 heavy (non-hydrogen) atoms. The second-order valence-electron chi connectivity index (χ2n) is 9.24. The lowest BCUT2D eigenvalue weighted by molar-refractivity contribution is -0.145. The SMILES string of the molecule is CCc1ccc2c(c1)C1(NC(Cc3ccccc3)C3C(=O)N(C(C)CC)C(=O)C31)C(=O)N2. The van der Waals surface area contributed by atoms with Crippen LogP contribution in [0.15, 0.2) is 48.5 Å². The molecule has 3 heterocycles. The van der Waals surface area contributed by atoms with Crippen molar-refractivity contribution in [3.63, 3.8) is 0 Å². The number of anilines is 1. The van der Waals surface area contributed by atoms with Crippen LogP contribution in [0, 0.1) is 11.8 Å². The van der Waals surface area contributed by atoms with Crippen molar-refractivity contribution in [3.05, 3.63) is 65.2 Å². The summed E-state index contributed by atoms with van der Waals surface area (Å²) in [4.78, 5) is 42.3. The van der Waals surface area contributed by atoms with Crippen LogP contribution in [0.5, 0.6) is 0 Å². The van der Waals surface area contributed by atoms with E-state index < -0.39 is 17.4 Å². The van der Waals surface area contributed by atoms with E-state index in [4.69, 9.17) is 0 Å². The fourth-order valence-electron chi connectivity index (χ4n) is 5.75. The van der Waals surface area contributed by atoms with Crippen molar-refractivity contribution in [1.29, 1.82) is 0 Å². The number of nitrogens with zero attached hydrogens (tertiary/aromatic N) is 1. The van der Waals surface area contributed by atoms with Crippen LogP contribution in [0.3, 0.4) is 0 Å². The Morgan fingerprint density at radius 2 is 1.75 bits per heavy atom. The Morgan fingerprint density at radius 3 is 2.44 bits per heavy atom. The van der Waals surface area contributed by atoms with E-state index in [9.17, 15) is 14.4 Å². The number of fused-ring (bicyclic) bond motifs is 4. The van der Waals surface area contributed by atoms with Gasteiger partial charge < -0.3 is 5.32 Å². The van der Waals surface area contributed by atoms with Crippen molar-refractivity contribution in [2.45, 2.75) is 57.7 Å². The highest BCUT2D eigenvalue weighted by Gasteiger charge is 2.70. The number of amides is 3. The van der Waals surface area contributed by atoms with E-state index >= 15 is 0 Å². The van der Waals surface area contributed by atoms with Crippen molar-refractivity contribution < 1.29 is 14.4 Å². The third-order valence-corrected chi connectivity index (χ3v) is 7.55. The third-order valence-electron chi connectivity index (χ3n) is 7.55. The van der Waals surface area contributed by atoms with Gasteiger partial charge in [-0.1, -0.05) is 56.3 Å². The minimum atomic E-state index is -1.22. The highest BCUT2D eigenvalue weighted by molar-refractivity contribution is 6.15. The summed E-state index contributed by atoms with van der Waals surface area (Å²) in [7, 11) is 0. The maximum absolute atomic E-state index is 13.8. The third kappa shape index (κ3) is 2.78. The van der Waals surface area contributed by atoms with Gasteiger partial charge in [0.25, 0.3) is 0 Å². The highest BCUT2D eigenvalue weighted by atomic mass is 16.2. The van der Waals surface area contributed by atoms with Gasteiger partial charge in [-0.2, -0.15) is 0 Å². The van der Waals surface area contributed by atoms with Crippen LogP contribution in [0.1, 0.15) is 43.9 Å². The molecule has 3 aliphatic heterocycles. The molecule has 5 atom stereocenters. The van der Waals surface area contributed by atoms with Crippen LogP contribution in [0.4, 0.5) is 5.69 Å². The number of rotatable bonds is 5. The van der Waals surface area contributed by atoms with Crippen LogP contribution < -0.4 is 10.6 Å². The summed E-state index contributed by atoms with van der Waals surface area (Å²) in [6, 6.07) is 15.4. The van der Waals surface area contributed by atoms with E-state index in [2.05, 4.69) is 17.6 Å². The summed E-state index contributed by atoms with van der Waals surface area (Å²) < 4.78 is 0. The number of aryl methyl sites for hydroxylation is 1. The molecule has 6 heteroatoms. The van der Waals surface area contributed by atoms with E-state index in [-0.39, 0.29) is 29.8 Å². The summed E-state index contributed by atoms with van der Waals surface area (Å²) >= 11 is 0. The molecule has 3 aliphatic rings. The van der Waals surface area contributed by atoms with Gasteiger partial charge in [0.1, 0.15) is 5.54 Å². The van der Waals surface area contributed by atoms with E-state index in [1.54, 1.807) is 0 Å². The average molecular weight is 432 g/mol. The average Bonchev–Trinajstić information content (AvgIpc) is 3.38. The van der Waals surface area contributed by atoms with Crippen LogP contribution >= 0.6 is 0 Å². The highest BCUT2D eigenvalue weighted by Crippen LogP contribution is 2.53. The number of nitrogens with one attached hydrogen (secondary N) is 2. The number of carbonyl (C=O) groups excluding carboxylic acids is 3. The molecule has 2 aromatic carbocycles. The standard InChI is InChI=1S/C26H29N3O3/c1-4-15(3)29-23(30)21-20(14-17-9-7-6-8-10-17)28-26(22(21)24(29)31)18-13-16(5-2)11-12-19(18)27-25(26)32/h6-13,15,20-22,28H,4-5,14H2,1-3H3,(H,27,32). The maximum Gasteiger partial charge on any atom is 0.250 e. The number of hydrogen-bond acceptors (Lipinski definition) is 4. The predicted molar refractivity (Wildman–Crippen MR) is 122 cm³/mol. The van der Waals surface area contributed by atoms with Gasteiger partial charge in [0.15, 0.2) is 0 Å². The van der Waals surface area contributed by atoms with Crippen molar-refractivity contribution in [3.8, 4) is 0 Å². The van der Waals surface area contributed by atoms with Crippen LogP contribution in [0.25, 0.3) is 0 Å². The van der Waals surface area contributed by atoms with Crippen molar-refractivity contribution in [1.82, 2.24) is 10.2 Å². The number of likely N-dealkylation sites (tertiary alicyclic amines) is 1. The van der Waals surface area contributed by atoms with Gasteiger partial charge in [0.2, 0.25) is 17.7 Å². The maximum atomic E-state index is 13.8. The van der Waals surface area contributed by atoms with Crippen LogP contribution in [-0.4, -0.2) is 34.7 Å². The van der Waals surface area contributed by atoms with Crippen LogP contribution in [-0.2, 0) is 32.8 Å². The molecule has 6 nitrogen and oxygen atoms in total. The summed E-state index contributed by atoms with van der Waals surface area (Å²) in [6.07, 6.45) is 2.08. The Morgan fingerprint density at radius 1 is 1.00 bits per heavy atom. The Bertz CT molecular complexity index is 1100. The molecule has 0 aliphatic carbocycles. The molecule has 0 saturated carbocycles. The summed E-state index contributed by atoms with van der Waals surface area (Å²) in [5.41, 5.74) is 2.46. The van der Waals surface area contributed by atoms with E-state index in [1.165, 1.54) is 4.90 Å². The molecule has 2 fully saturated rings. The molecule has 1 spiro atoms. The van der Waals surface area contributed by atoms with Crippen molar-refractivity contribution >= 4 is 23.4 Å². The largest absolute Gasteiger partial charge is 0.324 e. The first-order valence-corrected chi connectivity index (χ1v) is 11.6. The lowest BCUT2D eigenvalue weighted by Gasteiger charge is -2.31. The van der Waals surface area contributed by atoms with Crippen LogP contribution in [0.2, 0.25) is 0 Å². The molecule has 0 bridgehead atoms. The first-order chi connectivity index (χ1) is 15.4. The minimum Gasteiger partial charge on any atom is -0.324 e. The normalized spacial score (nSPS) is 29.4. The van der Waals surface area contributed by atoms with Gasteiger partial charge >= 0.3 is 0 Å². The van der Waals surface area contributed by atoms with Gasteiger partial charge in [0.05, 0.1) is 11.8 Å². The Hall–Kier alpha value is -2.99. The second kappa shape index (κ2) is 7.55. The zero-order chi connectivity index (χ0) is 22.6. The van der Waals surface area contributed by atoms with Gasteiger partial charge in [0, 0.05) is 23.3 Å². The molecule has 2 aromatic rings. The van der Waals surface area contributed by atoms with Gasteiger partial charge in [-0.3, -0.25) is 24.6 Å². The van der Waals surface area contributed by atoms with Gasteiger partial charge in [-0.05, 0) is 43.4 Å². The smallest absolute Gasteiger partial charge is 0.250 e. The fraction of sp³-hybridized carbons (Fsp3) is 0.423. The molecule has 2 N–H and O–H groups in total. The zero-order valence-corrected chi connectivity index (χ0v) is 18.7.